The third-order valence-electron chi connectivity index (χ3n) is 3.96. The lowest BCUT2D eigenvalue weighted by Crippen LogP contribution is -2.24. The van der Waals surface area contributed by atoms with Crippen molar-refractivity contribution in [2.45, 2.75) is 33.2 Å². The maximum atomic E-state index is 13.5. The highest BCUT2D eigenvalue weighted by Crippen LogP contribution is 2.15. The van der Waals surface area contributed by atoms with Crippen molar-refractivity contribution in [1.82, 2.24) is 10.3 Å². The van der Waals surface area contributed by atoms with Crippen molar-refractivity contribution < 1.29 is 9.18 Å². The van der Waals surface area contributed by atoms with Crippen molar-refractivity contribution in [1.29, 1.82) is 5.26 Å². The summed E-state index contributed by atoms with van der Waals surface area (Å²) in [4.78, 5) is 26.3. The smallest absolute Gasteiger partial charge is 0.266 e. The van der Waals surface area contributed by atoms with Gasteiger partial charge in [0, 0.05) is 24.2 Å². The number of aryl methyl sites for hydroxylation is 1. The lowest BCUT2D eigenvalue weighted by atomic mass is 9.99. The van der Waals surface area contributed by atoms with Gasteiger partial charge in [-0.1, -0.05) is 18.2 Å². The number of nitriles is 1. The van der Waals surface area contributed by atoms with E-state index in [1.54, 1.807) is 32.0 Å². The normalized spacial score (nSPS) is 10.2. The Morgan fingerprint density at radius 1 is 1.33 bits per heavy atom. The molecule has 0 atom stereocenters. The van der Waals surface area contributed by atoms with Gasteiger partial charge in [-0.15, -0.1) is 0 Å². The van der Waals surface area contributed by atoms with Gasteiger partial charge in [-0.3, -0.25) is 9.59 Å². The van der Waals surface area contributed by atoms with Crippen LogP contribution in [0.5, 0.6) is 0 Å². The largest absolute Gasteiger partial charge is 0.352 e. The molecule has 6 heteroatoms. The lowest BCUT2D eigenvalue weighted by Gasteiger charge is -2.11. The minimum Gasteiger partial charge on any atom is -0.352 e. The van der Waals surface area contributed by atoms with Gasteiger partial charge in [-0.25, -0.2) is 4.39 Å². The van der Waals surface area contributed by atoms with E-state index < -0.39 is 5.56 Å². The number of nitrogens with one attached hydrogen (secondary N) is 2. The summed E-state index contributed by atoms with van der Waals surface area (Å²) in [5.41, 5.74) is 2.11. The SMILES string of the molecule is Cc1[nH]c(=O)c(C#N)c(C)c1CCC(=O)NCc1ccccc1F. The van der Waals surface area contributed by atoms with Gasteiger partial charge in [0.25, 0.3) is 5.56 Å². The van der Waals surface area contributed by atoms with Crippen LogP contribution in [0, 0.1) is 31.0 Å². The summed E-state index contributed by atoms with van der Waals surface area (Å²) in [5.74, 6) is -0.578. The molecule has 0 bridgehead atoms. The van der Waals surface area contributed by atoms with Gasteiger partial charge >= 0.3 is 0 Å². The van der Waals surface area contributed by atoms with E-state index in [0.29, 0.717) is 23.2 Å². The molecule has 0 saturated heterocycles. The molecule has 0 fully saturated rings. The van der Waals surface area contributed by atoms with Crippen molar-refractivity contribution in [2.75, 3.05) is 0 Å². The summed E-state index contributed by atoms with van der Waals surface area (Å²) < 4.78 is 13.5. The molecule has 0 saturated carbocycles. The van der Waals surface area contributed by atoms with Crippen LogP contribution >= 0.6 is 0 Å². The van der Waals surface area contributed by atoms with Gasteiger partial charge in [0.1, 0.15) is 17.4 Å². The summed E-state index contributed by atoms with van der Waals surface area (Å²) in [5, 5.41) is 11.7. The number of amides is 1. The molecule has 0 spiro atoms. The Bertz CT molecular complexity index is 866. The fourth-order valence-electron chi connectivity index (χ4n) is 2.58. The first-order valence-electron chi connectivity index (χ1n) is 7.56. The van der Waals surface area contributed by atoms with Crippen LogP contribution in [0.2, 0.25) is 0 Å². The Hall–Kier alpha value is -2.94. The number of H-pyrrole nitrogens is 1. The second kappa shape index (κ2) is 7.55. The molecule has 24 heavy (non-hydrogen) atoms. The first-order valence-corrected chi connectivity index (χ1v) is 7.56. The number of aromatic amines is 1. The molecule has 124 valence electrons. The van der Waals surface area contributed by atoms with Crippen LogP contribution in [0.15, 0.2) is 29.1 Å². The van der Waals surface area contributed by atoms with Crippen molar-refractivity contribution >= 4 is 5.91 Å². The number of pyridine rings is 1. The predicted octanol–water partition coefficient (Wildman–Crippen LogP) is 2.25. The van der Waals surface area contributed by atoms with Crippen LogP contribution in [0.1, 0.15) is 34.4 Å². The zero-order valence-electron chi connectivity index (χ0n) is 13.6. The molecule has 0 unspecified atom stereocenters. The summed E-state index contributed by atoms with van der Waals surface area (Å²) in [6, 6.07) is 8.15. The van der Waals surface area contributed by atoms with Gasteiger partial charge in [0.05, 0.1) is 0 Å². The van der Waals surface area contributed by atoms with Gasteiger partial charge in [-0.05, 0) is 37.5 Å². The Morgan fingerprint density at radius 3 is 2.71 bits per heavy atom. The maximum absolute atomic E-state index is 13.5. The van der Waals surface area contributed by atoms with E-state index in [1.807, 2.05) is 6.07 Å². The van der Waals surface area contributed by atoms with E-state index >= 15 is 0 Å². The number of carbonyl (C=O) groups excluding carboxylic acids is 1. The first kappa shape index (κ1) is 17.4. The zero-order valence-corrected chi connectivity index (χ0v) is 13.6. The molecule has 0 aliphatic heterocycles. The van der Waals surface area contributed by atoms with Crippen LogP contribution in [-0.2, 0) is 17.8 Å². The van der Waals surface area contributed by atoms with Crippen LogP contribution < -0.4 is 10.9 Å². The highest BCUT2D eigenvalue weighted by atomic mass is 19.1. The maximum Gasteiger partial charge on any atom is 0.266 e. The minimum atomic E-state index is -0.416. The van der Waals surface area contributed by atoms with Gasteiger partial charge in [-0.2, -0.15) is 5.26 Å². The number of hydrogen-bond donors (Lipinski definition) is 2. The van der Waals surface area contributed by atoms with Gasteiger partial charge < -0.3 is 10.3 Å². The molecule has 2 rings (SSSR count). The van der Waals surface area contributed by atoms with Crippen LogP contribution in [0.25, 0.3) is 0 Å². The third-order valence-corrected chi connectivity index (χ3v) is 3.96. The fraction of sp³-hybridized carbons (Fsp3) is 0.278. The first-order chi connectivity index (χ1) is 11.4. The third kappa shape index (κ3) is 3.87. The molecule has 1 heterocycles. The fourth-order valence-corrected chi connectivity index (χ4v) is 2.58. The van der Waals surface area contributed by atoms with Gasteiger partial charge in [0.2, 0.25) is 5.91 Å². The average molecular weight is 327 g/mol. The van der Waals surface area contributed by atoms with Crippen LogP contribution in [0.3, 0.4) is 0 Å². The number of hydrogen-bond acceptors (Lipinski definition) is 3. The van der Waals surface area contributed by atoms with Crippen molar-refractivity contribution in [2.24, 2.45) is 0 Å². The summed E-state index contributed by atoms with van der Waals surface area (Å²) in [6.07, 6.45) is 0.583. The predicted molar refractivity (Wildman–Crippen MR) is 87.8 cm³/mol. The number of halogens is 1. The van der Waals surface area contributed by atoms with E-state index in [9.17, 15) is 14.0 Å². The molecule has 0 aliphatic carbocycles. The number of nitrogens with zero attached hydrogens (tertiary/aromatic N) is 1. The van der Waals surface area contributed by atoms with E-state index in [-0.39, 0.29) is 30.3 Å². The minimum absolute atomic E-state index is 0.0716. The summed E-state index contributed by atoms with van der Waals surface area (Å²) in [7, 11) is 0. The quantitative estimate of drug-likeness (QED) is 0.883. The molecule has 1 amide bonds. The number of benzene rings is 1. The summed E-state index contributed by atoms with van der Waals surface area (Å²) >= 11 is 0. The highest BCUT2D eigenvalue weighted by molar-refractivity contribution is 5.76. The Balaban J connectivity index is 2.01. The van der Waals surface area contributed by atoms with E-state index in [4.69, 9.17) is 5.26 Å². The van der Waals surface area contributed by atoms with E-state index in [2.05, 4.69) is 10.3 Å². The zero-order chi connectivity index (χ0) is 17.7. The number of carbonyl (C=O) groups is 1. The number of rotatable bonds is 5. The second-order valence-corrected chi connectivity index (χ2v) is 5.54. The van der Waals surface area contributed by atoms with Crippen LogP contribution in [-0.4, -0.2) is 10.9 Å². The Labute approximate surface area is 139 Å². The summed E-state index contributed by atoms with van der Waals surface area (Å²) in [6.45, 7) is 3.56. The van der Waals surface area contributed by atoms with Crippen LogP contribution in [0.4, 0.5) is 4.39 Å². The lowest BCUT2D eigenvalue weighted by molar-refractivity contribution is -0.121. The molecule has 2 N–H and O–H groups in total. The monoisotopic (exact) mass is 327 g/mol. The Morgan fingerprint density at radius 2 is 2.04 bits per heavy atom. The molecular weight excluding hydrogens is 309 g/mol. The molecule has 0 aliphatic rings. The standard InChI is InChI=1S/C18H18FN3O2/c1-11-14(12(2)22-18(24)15(11)9-20)7-8-17(23)21-10-13-5-3-4-6-16(13)19/h3-6H,7-8,10H2,1-2H3,(H,21,23)(H,22,24). The Kier molecular flexibility index (Phi) is 5.48. The molecule has 1 aromatic heterocycles. The highest BCUT2D eigenvalue weighted by Gasteiger charge is 2.13. The van der Waals surface area contributed by atoms with Crippen molar-refractivity contribution in [3.8, 4) is 6.07 Å². The van der Waals surface area contributed by atoms with E-state index in [1.165, 1.54) is 6.07 Å². The van der Waals surface area contributed by atoms with Crippen molar-refractivity contribution in [3.63, 3.8) is 0 Å². The molecular formula is C18H18FN3O2. The topological polar surface area (TPSA) is 85.8 Å². The molecule has 2 aromatic rings. The second-order valence-electron chi connectivity index (χ2n) is 5.54. The number of aromatic nitrogens is 1. The molecule has 0 radical (unpaired) electrons. The van der Waals surface area contributed by atoms with Crippen molar-refractivity contribution in [3.05, 3.63) is 68.4 Å². The average Bonchev–Trinajstić information content (AvgIpc) is 2.54. The van der Waals surface area contributed by atoms with Gasteiger partial charge in [0.15, 0.2) is 0 Å². The van der Waals surface area contributed by atoms with E-state index in [0.717, 1.165) is 5.56 Å². The molecule has 5 nitrogen and oxygen atoms in total. The molecule has 1 aromatic carbocycles.